The summed E-state index contributed by atoms with van der Waals surface area (Å²) >= 11 is 0. The molecule has 1 aromatic carbocycles. The summed E-state index contributed by atoms with van der Waals surface area (Å²) in [6, 6.07) is 4.35. The van der Waals surface area contributed by atoms with Gasteiger partial charge in [0, 0.05) is 26.2 Å². The van der Waals surface area contributed by atoms with Crippen LogP contribution < -0.4 is 0 Å². The molecular weight excluding hydrogens is 301 g/mol. The Morgan fingerprint density at radius 3 is 3.13 bits per heavy atom. The predicted octanol–water partition coefficient (Wildman–Crippen LogP) is 1.67. The van der Waals surface area contributed by atoms with Crippen LogP contribution in [0.4, 0.5) is 4.39 Å². The first-order valence-corrected chi connectivity index (χ1v) is 7.42. The van der Waals surface area contributed by atoms with Gasteiger partial charge in [-0.3, -0.25) is 4.90 Å². The normalized spacial score (nSPS) is 19.5. The Morgan fingerprint density at radius 2 is 2.30 bits per heavy atom. The lowest BCUT2D eigenvalue weighted by Crippen LogP contribution is -2.38. The van der Waals surface area contributed by atoms with E-state index in [1.165, 1.54) is 12.1 Å². The number of hydrogen-bond donors (Lipinski definition) is 0. The highest BCUT2D eigenvalue weighted by atomic mass is 19.1. The summed E-state index contributed by atoms with van der Waals surface area (Å²) in [4.78, 5) is 6.54. The quantitative estimate of drug-likeness (QED) is 0.732. The number of halogens is 1. The molecule has 3 heterocycles. The SMILES string of the molecule is Cn1cnnc1C1CN(Cc2nc3cc(F)ccc3o2)CCO1. The lowest BCUT2D eigenvalue weighted by atomic mass is 10.2. The molecule has 0 N–H and O–H groups in total. The van der Waals surface area contributed by atoms with E-state index in [1.807, 2.05) is 11.6 Å². The molecule has 0 bridgehead atoms. The van der Waals surface area contributed by atoms with Crippen LogP contribution in [0, 0.1) is 5.82 Å². The van der Waals surface area contributed by atoms with Gasteiger partial charge in [-0.1, -0.05) is 0 Å². The largest absolute Gasteiger partial charge is 0.439 e. The van der Waals surface area contributed by atoms with Crippen LogP contribution in [0.1, 0.15) is 17.8 Å². The maximum atomic E-state index is 13.2. The molecule has 0 saturated carbocycles. The third-order valence-corrected chi connectivity index (χ3v) is 3.94. The molecule has 7 nitrogen and oxygen atoms in total. The molecule has 1 unspecified atom stereocenters. The molecule has 1 saturated heterocycles. The number of fused-ring (bicyclic) bond motifs is 1. The highest BCUT2D eigenvalue weighted by Crippen LogP contribution is 2.22. The van der Waals surface area contributed by atoms with Gasteiger partial charge >= 0.3 is 0 Å². The first-order chi connectivity index (χ1) is 11.2. The van der Waals surface area contributed by atoms with Crippen LogP contribution in [0.5, 0.6) is 0 Å². The predicted molar refractivity (Wildman–Crippen MR) is 78.9 cm³/mol. The first-order valence-electron chi connectivity index (χ1n) is 7.42. The summed E-state index contributed by atoms with van der Waals surface area (Å²) < 4.78 is 26.5. The van der Waals surface area contributed by atoms with Crippen molar-refractivity contribution in [3.05, 3.63) is 42.1 Å². The molecule has 1 fully saturated rings. The highest BCUT2D eigenvalue weighted by Gasteiger charge is 2.26. The average molecular weight is 317 g/mol. The van der Waals surface area contributed by atoms with E-state index in [1.54, 1.807) is 12.4 Å². The van der Waals surface area contributed by atoms with Crippen molar-refractivity contribution in [3.8, 4) is 0 Å². The van der Waals surface area contributed by atoms with Crippen LogP contribution >= 0.6 is 0 Å². The number of aryl methyl sites for hydroxylation is 1. The Labute approximate surface area is 131 Å². The molecular formula is C15H16FN5O2. The molecule has 0 amide bonds. The van der Waals surface area contributed by atoms with Crippen LogP contribution in [0.2, 0.25) is 0 Å². The molecule has 1 aliphatic heterocycles. The molecule has 120 valence electrons. The fraction of sp³-hybridized carbons (Fsp3) is 0.400. The smallest absolute Gasteiger partial charge is 0.209 e. The molecule has 3 aromatic rings. The summed E-state index contributed by atoms with van der Waals surface area (Å²) in [5.41, 5.74) is 1.14. The van der Waals surface area contributed by atoms with Crippen LogP contribution in [0.25, 0.3) is 11.1 Å². The lowest BCUT2D eigenvalue weighted by Gasteiger charge is -2.31. The average Bonchev–Trinajstić information content (AvgIpc) is 3.12. The Kier molecular flexibility index (Phi) is 3.55. The zero-order valence-corrected chi connectivity index (χ0v) is 12.6. The highest BCUT2D eigenvalue weighted by molar-refractivity contribution is 5.72. The van der Waals surface area contributed by atoms with Crippen molar-refractivity contribution in [2.75, 3.05) is 19.7 Å². The van der Waals surface area contributed by atoms with E-state index in [0.717, 1.165) is 12.4 Å². The van der Waals surface area contributed by atoms with E-state index in [-0.39, 0.29) is 11.9 Å². The Hall–Kier alpha value is -2.32. The van der Waals surface area contributed by atoms with Crippen molar-refractivity contribution in [2.24, 2.45) is 7.05 Å². The Balaban J connectivity index is 1.50. The molecule has 0 aliphatic carbocycles. The maximum absolute atomic E-state index is 13.2. The van der Waals surface area contributed by atoms with Gasteiger partial charge < -0.3 is 13.7 Å². The third kappa shape index (κ3) is 2.82. The standard InChI is InChI=1S/C15H16FN5O2/c1-20-9-17-19-15(20)13-7-21(4-5-22-13)8-14-18-11-6-10(16)2-3-12(11)23-14/h2-3,6,9,13H,4-5,7-8H2,1H3. The van der Waals surface area contributed by atoms with Gasteiger partial charge in [0.25, 0.3) is 0 Å². The van der Waals surface area contributed by atoms with Crippen molar-refractivity contribution in [3.63, 3.8) is 0 Å². The molecule has 0 radical (unpaired) electrons. The number of hydrogen-bond acceptors (Lipinski definition) is 6. The number of nitrogens with zero attached hydrogens (tertiary/aromatic N) is 5. The van der Waals surface area contributed by atoms with Crippen LogP contribution in [-0.2, 0) is 18.3 Å². The van der Waals surface area contributed by atoms with Crippen molar-refractivity contribution in [2.45, 2.75) is 12.6 Å². The van der Waals surface area contributed by atoms with E-state index >= 15 is 0 Å². The zero-order chi connectivity index (χ0) is 15.8. The second-order valence-electron chi connectivity index (χ2n) is 5.61. The van der Waals surface area contributed by atoms with Gasteiger partial charge in [-0.05, 0) is 12.1 Å². The number of rotatable bonds is 3. The van der Waals surface area contributed by atoms with E-state index in [0.29, 0.717) is 36.7 Å². The minimum atomic E-state index is -0.314. The van der Waals surface area contributed by atoms with Crippen LogP contribution in [0.3, 0.4) is 0 Å². The van der Waals surface area contributed by atoms with Crippen LogP contribution in [0.15, 0.2) is 28.9 Å². The fourth-order valence-electron chi connectivity index (χ4n) is 2.79. The number of ether oxygens (including phenoxy) is 1. The number of oxazole rings is 1. The topological polar surface area (TPSA) is 69.2 Å². The van der Waals surface area contributed by atoms with Crippen molar-refractivity contribution < 1.29 is 13.5 Å². The Morgan fingerprint density at radius 1 is 1.39 bits per heavy atom. The summed E-state index contributed by atoms with van der Waals surface area (Å²) in [7, 11) is 1.90. The van der Waals surface area contributed by atoms with E-state index in [4.69, 9.17) is 9.15 Å². The van der Waals surface area contributed by atoms with Crippen molar-refractivity contribution in [1.29, 1.82) is 0 Å². The van der Waals surface area contributed by atoms with Gasteiger partial charge in [-0.15, -0.1) is 10.2 Å². The van der Waals surface area contributed by atoms with E-state index in [2.05, 4.69) is 20.1 Å². The second-order valence-corrected chi connectivity index (χ2v) is 5.61. The van der Waals surface area contributed by atoms with Crippen LogP contribution in [-0.4, -0.2) is 44.3 Å². The fourth-order valence-corrected chi connectivity index (χ4v) is 2.79. The summed E-state index contributed by atoms with van der Waals surface area (Å²) in [6.07, 6.45) is 1.53. The van der Waals surface area contributed by atoms with Crippen molar-refractivity contribution in [1.82, 2.24) is 24.6 Å². The van der Waals surface area contributed by atoms with E-state index in [9.17, 15) is 4.39 Å². The number of aromatic nitrogens is 4. The van der Waals surface area contributed by atoms with Gasteiger partial charge in [-0.25, -0.2) is 9.37 Å². The lowest BCUT2D eigenvalue weighted by molar-refractivity contribution is -0.0405. The first kappa shape index (κ1) is 14.3. The monoisotopic (exact) mass is 317 g/mol. The van der Waals surface area contributed by atoms with Gasteiger partial charge in [0.15, 0.2) is 11.4 Å². The van der Waals surface area contributed by atoms with Gasteiger partial charge in [0.2, 0.25) is 5.89 Å². The minimum absolute atomic E-state index is 0.127. The Bertz CT molecular complexity index is 830. The molecule has 8 heteroatoms. The third-order valence-electron chi connectivity index (χ3n) is 3.94. The van der Waals surface area contributed by atoms with Gasteiger partial charge in [0.1, 0.15) is 23.8 Å². The van der Waals surface area contributed by atoms with Crippen molar-refractivity contribution >= 4 is 11.1 Å². The maximum Gasteiger partial charge on any atom is 0.209 e. The second kappa shape index (κ2) is 5.71. The molecule has 1 aliphatic rings. The van der Waals surface area contributed by atoms with Gasteiger partial charge in [0.05, 0.1) is 13.2 Å². The molecule has 2 aromatic heterocycles. The molecule has 23 heavy (non-hydrogen) atoms. The molecule has 4 rings (SSSR count). The zero-order valence-electron chi connectivity index (χ0n) is 12.6. The number of benzene rings is 1. The summed E-state index contributed by atoms with van der Waals surface area (Å²) in [6.45, 7) is 2.61. The summed E-state index contributed by atoms with van der Waals surface area (Å²) in [5, 5.41) is 8.00. The van der Waals surface area contributed by atoms with E-state index < -0.39 is 0 Å². The number of morpholine rings is 1. The summed E-state index contributed by atoms with van der Waals surface area (Å²) in [5.74, 6) is 1.06. The minimum Gasteiger partial charge on any atom is -0.439 e. The molecule has 0 spiro atoms. The van der Waals surface area contributed by atoms with Gasteiger partial charge in [-0.2, -0.15) is 0 Å². The molecule has 1 atom stereocenters.